The van der Waals surface area contributed by atoms with Gasteiger partial charge in [0, 0.05) is 27.3 Å². The standard InChI is InChI=1S/C15H15BrClNS/c16-13-6-10(4-5-14(13)17)8-18-9-12-7-11-2-1-3-15(11)19-12/h4-7,18H,1-3,8-9H2. The van der Waals surface area contributed by atoms with E-state index in [1.165, 1.54) is 29.7 Å². The van der Waals surface area contributed by atoms with Crippen molar-refractivity contribution < 1.29 is 0 Å². The fourth-order valence-electron chi connectivity index (χ4n) is 2.46. The Hall–Kier alpha value is -0.350. The van der Waals surface area contributed by atoms with Crippen LogP contribution in [0.3, 0.4) is 0 Å². The lowest BCUT2D eigenvalue weighted by Crippen LogP contribution is -2.11. The largest absolute Gasteiger partial charge is 0.308 e. The second-order valence-corrected chi connectivity index (χ2v) is 7.35. The molecule has 1 aliphatic carbocycles. The third-order valence-corrected chi connectivity index (χ3v) is 5.86. The zero-order valence-corrected chi connectivity index (χ0v) is 13.7. The van der Waals surface area contributed by atoms with Crippen LogP contribution in [0.1, 0.15) is 27.3 Å². The average Bonchev–Trinajstić information content (AvgIpc) is 2.94. The van der Waals surface area contributed by atoms with Crippen LogP contribution in [0.25, 0.3) is 0 Å². The number of benzene rings is 1. The summed E-state index contributed by atoms with van der Waals surface area (Å²) in [6, 6.07) is 8.44. The molecule has 0 unspecified atom stereocenters. The van der Waals surface area contributed by atoms with Gasteiger partial charge in [0.1, 0.15) is 0 Å². The van der Waals surface area contributed by atoms with Crippen LogP contribution in [0.5, 0.6) is 0 Å². The highest BCUT2D eigenvalue weighted by Gasteiger charge is 2.14. The van der Waals surface area contributed by atoms with Crippen LogP contribution in [-0.4, -0.2) is 0 Å². The third-order valence-electron chi connectivity index (χ3n) is 3.41. The number of rotatable bonds is 4. The Morgan fingerprint density at radius 3 is 2.89 bits per heavy atom. The van der Waals surface area contributed by atoms with Gasteiger partial charge in [0.15, 0.2) is 0 Å². The molecule has 0 bridgehead atoms. The summed E-state index contributed by atoms with van der Waals surface area (Å²) >= 11 is 11.4. The predicted molar refractivity (Wildman–Crippen MR) is 86.0 cm³/mol. The molecule has 1 aliphatic rings. The predicted octanol–water partition coefficient (Wildman–Crippen LogP) is 4.94. The quantitative estimate of drug-likeness (QED) is 0.818. The third kappa shape index (κ3) is 3.22. The van der Waals surface area contributed by atoms with Crippen LogP contribution in [0.4, 0.5) is 0 Å². The van der Waals surface area contributed by atoms with Gasteiger partial charge in [0.05, 0.1) is 5.02 Å². The van der Waals surface area contributed by atoms with E-state index >= 15 is 0 Å². The van der Waals surface area contributed by atoms with E-state index < -0.39 is 0 Å². The molecule has 0 saturated heterocycles. The maximum Gasteiger partial charge on any atom is 0.0548 e. The molecule has 19 heavy (non-hydrogen) atoms. The van der Waals surface area contributed by atoms with Gasteiger partial charge >= 0.3 is 0 Å². The first kappa shape index (κ1) is 13.6. The minimum atomic E-state index is 0.762. The summed E-state index contributed by atoms with van der Waals surface area (Å²) in [6.07, 6.45) is 3.90. The zero-order chi connectivity index (χ0) is 13.2. The molecule has 0 atom stereocenters. The van der Waals surface area contributed by atoms with E-state index in [4.69, 9.17) is 11.6 Å². The molecule has 1 heterocycles. The zero-order valence-electron chi connectivity index (χ0n) is 10.5. The second-order valence-electron chi connectivity index (χ2n) is 4.87. The van der Waals surface area contributed by atoms with E-state index in [9.17, 15) is 0 Å². The highest BCUT2D eigenvalue weighted by atomic mass is 79.9. The van der Waals surface area contributed by atoms with Gasteiger partial charge in [0.25, 0.3) is 0 Å². The van der Waals surface area contributed by atoms with Crippen molar-refractivity contribution in [1.29, 1.82) is 0 Å². The Morgan fingerprint density at radius 2 is 2.11 bits per heavy atom. The summed E-state index contributed by atoms with van der Waals surface area (Å²) in [7, 11) is 0. The van der Waals surface area contributed by atoms with Crippen LogP contribution < -0.4 is 5.32 Å². The summed E-state index contributed by atoms with van der Waals surface area (Å²) in [6.45, 7) is 1.83. The van der Waals surface area contributed by atoms with Gasteiger partial charge in [-0.05, 0) is 64.5 Å². The van der Waals surface area contributed by atoms with Crippen molar-refractivity contribution in [2.75, 3.05) is 0 Å². The maximum atomic E-state index is 5.99. The molecule has 1 N–H and O–H groups in total. The Balaban J connectivity index is 1.56. The smallest absolute Gasteiger partial charge is 0.0548 e. The van der Waals surface area contributed by atoms with Crippen LogP contribution in [0, 0.1) is 0 Å². The van der Waals surface area contributed by atoms with E-state index in [0.717, 1.165) is 22.6 Å². The van der Waals surface area contributed by atoms with Crippen molar-refractivity contribution in [3.63, 3.8) is 0 Å². The van der Waals surface area contributed by atoms with Crippen molar-refractivity contribution in [3.05, 3.63) is 54.6 Å². The number of aryl methyl sites for hydroxylation is 2. The maximum absolute atomic E-state index is 5.99. The van der Waals surface area contributed by atoms with Gasteiger partial charge in [-0.25, -0.2) is 0 Å². The van der Waals surface area contributed by atoms with Crippen LogP contribution in [0.2, 0.25) is 5.02 Å². The van der Waals surface area contributed by atoms with Crippen molar-refractivity contribution >= 4 is 38.9 Å². The van der Waals surface area contributed by atoms with Gasteiger partial charge in [-0.2, -0.15) is 0 Å². The summed E-state index contributed by atoms with van der Waals surface area (Å²) in [4.78, 5) is 3.06. The first-order valence-corrected chi connectivity index (χ1v) is 8.46. The van der Waals surface area contributed by atoms with E-state index in [0.29, 0.717) is 0 Å². The molecule has 0 spiro atoms. The lowest BCUT2D eigenvalue weighted by Gasteiger charge is -2.05. The molecule has 2 aromatic rings. The van der Waals surface area contributed by atoms with Crippen LogP contribution in [0.15, 0.2) is 28.7 Å². The molecule has 3 rings (SSSR count). The molecular formula is C15H15BrClNS. The van der Waals surface area contributed by atoms with Crippen molar-refractivity contribution in [2.24, 2.45) is 0 Å². The van der Waals surface area contributed by atoms with Crippen LogP contribution >= 0.6 is 38.9 Å². The second kappa shape index (κ2) is 5.96. The normalized spacial score (nSPS) is 13.8. The summed E-state index contributed by atoms with van der Waals surface area (Å²) in [5.74, 6) is 0. The van der Waals surface area contributed by atoms with Gasteiger partial charge in [-0.3, -0.25) is 0 Å². The molecule has 1 aromatic carbocycles. The molecule has 0 fully saturated rings. The molecule has 1 nitrogen and oxygen atoms in total. The number of thiophene rings is 1. The monoisotopic (exact) mass is 355 g/mol. The lowest BCUT2D eigenvalue weighted by molar-refractivity contribution is 0.700. The molecule has 1 aromatic heterocycles. The van der Waals surface area contributed by atoms with Crippen molar-refractivity contribution in [3.8, 4) is 0 Å². The van der Waals surface area contributed by atoms with Crippen LogP contribution in [-0.2, 0) is 25.9 Å². The Kier molecular flexibility index (Phi) is 4.27. The van der Waals surface area contributed by atoms with E-state index in [1.807, 2.05) is 17.4 Å². The minimum Gasteiger partial charge on any atom is -0.308 e. The fourth-order valence-corrected chi connectivity index (χ4v) is 4.23. The van der Waals surface area contributed by atoms with E-state index in [2.05, 4.69) is 39.4 Å². The topological polar surface area (TPSA) is 12.0 Å². The fraction of sp³-hybridized carbons (Fsp3) is 0.333. The van der Waals surface area contributed by atoms with E-state index in [-0.39, 0.29) is 0 Å². The van der Waals surface area contributed by atoms with Crippen molar-refractivity contribution in [1.82, 2.24) is 5.32 Å². The molecular weight excluding hydrogens is 342 g/mol. The van der Waals surface area contributed by atoms with Gasteiger partial charge in [-0.1, -0.05) is 17.7 Å². The number of hydrogen-bond donors (Lipinski definition) is 1. The minimum absolute atomic E-state index is 0.762. The molecule has 0 amide bonds. The highest BCUT2D eigenvalue weighted by Crippen LogP contribution is 2.30. The SMILES string of the molecule is Clc1ccc(CNCc2cc3c(s2)CCC3)cc1Br. The molecule has 0 radical (unpaired) electrons. The number of nitrogens with one attached hydrogen (secondary N) is 1. The van der Waals surface area contributed by atoms with Gasteiger partial charge in [-0.15, -0.1) is 11.3 Å². The highest BCUT2D eigenvalue weighted by molar-refractivity contribution is 9.10. The molecule has 4 heteroatoms. The number of hydrogen-bond acceptors (Lipinski definition) is 2. The van der Waals surface area contributed by atoms with E-state index in [1.54, 1.807) is 10.4 Å². The first-order valence-electron chi connectivity index (χ1n) is 6.47. The summed E-state index contributed by atoms with van der Waals surface area (Å²) in [5, 5.41) is 4.26. The number of halogens is 2. The average molecular weight is 357 g/mol. The Bertz CT molecular complexity index is 572. The first-order chi connectivity index (χ1) is 9.22. The summed E-state index contributed by atoms with van der Waals surface area (Å²) in [5.41, 5.74) is 2.83. The Morgan fingerprint density at radius 1 is 1.21 bits per heavy atom. The summed E-state index contributed by atoms with van der Waals surface area (Å²) < 4.78 is 0.962. The lowest BCUT2D eigenvalue weighted by atomic mass is 10.2. The molecule has 0 aliphatic heterocycles. The molecule has 100 valence electrons. The van der Waals surface area contributed by atoms with Gasteiger partial charge < -0.3 is 5.32 Å². The van der Waals surface area contributed by atoms with Crippen molar-refractivity contribution in [2.45, 2.75) is 32.4 Å². The number of fused-ring (bicyclic) bond motifs is 1. The Labute approximate surface area is 131 Å². The van der Waals surface area contributed by atoms with Gasteiger partial charge in [0.2, 0.25) is 0 Å². The molecule has 0 saturated carbocycles.